The van der Waals surface area contributed by atoms with Crippen LogP contribution in [0.1, 0.15) is 5.69 Å². The quantitative estimate of drug-likeness (QED) is 0.749. The number of aryl methyl sites for hydroxylation is 2. The van der Waals surface area contributed by atoms with E-state index in [-0.39, 0.29) is 0 Å². The van der Waals surface area contributed by atoms with Crippen molar-refractivity contribution in [1.29, 1.82) is 0 Å². The van der Waals surface area contributed by atoms with Crippen LogP contribution in [-0.2, 0) is 7.05 Å². The van der Waals surface area contributed by atoms with E-state index in [0.717, 1.165) is 11.4 Å². The maximum absolute atomic E-state index is 5.60. The number of ether oxygens (including phenoxy) is 3. The van der Waals surface area contributed by atoms with Gasteiger partial charge < -0.3 is 14.2 Å². The van der Waals surface area contributed by atoms with Crippen LogP contribution in [0.25, 0.3) is 0 Å². The molecule has 0 radical (unpaired) electrons. The van der Waals surface area contributed by atoms with Crippen LogP contribution in [0.2, 0.25) is 0 Å². The molecular formula is C14H18N2O3. The lowest BCUT2D eigenvalue weighted by Gasteiger charge is -2.10. The topological polar surface area (TPSA) is 45.5 Å². The number of methoxy groups -OCH3 is 1. The highest BCUT2D eigenvalue weighted by atomic mass is 16.5. The molecule has 0 bridgehead atoms. The summed E-state index contributed by atoms with van der Waals surface area (Å²) < 4.78 is 18.1. The molecule has 2 rings (SSSR count). The Morgan fingerprint density at radius 1 is 1.11 bits per heavy atom. The van der Waals surface area contributed by atoms with E-state index in [4.69, 9.17) is 14.2 Å². The zero-order valence-electron chi connectivity index (χ0n) is 11.4. The minimum absolute atomic E-state index is 0.439. The number of nitrogens with zero attached hydrogens (tertiary/aromatic N) is 2. The lowest BCUT2D eigenvalue weighted by molar-refractivity contribution is 0.205. The largest absolute Gasteiger partial charge is 0.493 e. The van der Waals surface area contributed by atoms with Crippen molar-refractivity contribution in [3.63, 3.8) is 0 Å². The van der Waals surface area contributed by atoms with Crippen molar-refractivity contribution in [2.75, 3.05) is 20.3 Å². The Balaban J connectivity index is 1.80. The Morgan fingerprint density at radius 3 is 2.42 bits per heavy atom. The molecule has 1 aromatic heterocycles. The van der Waals surface area contributed by atoms with Crippen LogP contribution in [0.4, 0.5) is 0 Å². The highest BCUT2D eigenvalue weighted by Gasteiger charge is 2.04. The minimum Gasteiger partial charge on any atom is -0.493 e. The summed E-state index contributed by atoms with van der Waals surface area (Å²) in [5, 5.41) is 4.20. The Kier molecular flexibility index (Phi) is 4.28. The molecule has 5 nitrogen and oxygen atoms in total. The molecule has 0 spiro atoms. The molecule has 0 aliphatic carbocycles. The normalized spacial score (nSPS) is 10.3. The van der Waals surface area contributed by atoms with Crippen LogP contribution in [-0.4, -0.2) is 30.1 Å². The molecular weight excluding hydrogens is 244 g/mol. The molecule has 0 atom stereocenters. The number of hydrogen-bond acceptors (Lipinski definition) is 4. The van der Waals surface area contributed by atoms with E-state index in [1.807, 2.05) is 44.3 Å². The van der Waals surface area contributed by atoms with Crippen molar-refractivity contribution in [1.82, 2.24) is 9.78 Å². The number of benzene rings is 1. The molecule has 0 amide bonds. The molecule has 0 aliphatic heterocycles. The maximum Gasteiger partial charge on any atom is 0.233 e. The average molecular weight is 262 g/mol. The van der Waals surface area contributed by atoms with Crippen molar-refractivity contribution in [2.45, 2.75) is 6.92 Å². The molecule has 0 fully saturated rings. The lowest BCUT2D eigenvalue weighted by atomic mass is 10.3. The van der Waals surface area contributed by atoms with Gasteiger partial charge in [0, 0.05) is 18.8 Å². The van der Waals surface area contributed by atoms with Crippen LogP contribution in [0.5, 0.6) is 17.4 Å². The van der Waals surface area contributed by atoms with Crippen molar-refractivity contribution < 1.29 is 14.2 Å². The number of hydrogen-bond donors (Lipinski definition) is 0. The van der Waals surface area contributed by atoms with E-state index < -0.39 is 0 Å². The molecule has 0 saturated carbocycles. The van der Waals surface area contributed by atoms with Crippen LogP contribution >= 0.6 is 0 Å². The Labute approximate surface area is 112 Å². The fourth-order valence-corrected chi connectivity index (χ4v) is 1.63. The van der Waals surface area contributed by atoms with Gasteiger partial charge in [-0.2, -0.15) is 0 Å². The second-order valence-corrected chi connectivity index (χ2v) is 4.10. The van der Waals surface area contributed by atoms with Crippen molar-refractivity contribution in [2.24, 2.45) is 7.05 Å². The van der Waals surface area contributed by atoms with E-state index >= 15 is 0 Å². The van der Waals surface area contributed by atoms with Gasteiger partial charge in [0.2, 0.25) is 5.88 Å². The van der Waals surface area contributed by atoms with Crippen LogP contribution in [0.3, 0.4) is 0 Å². The van der Waals surface area contributed by atoms with Gasteiger partial charge in [0.05, 0.1) is 7.11 Å². The molecule has 1 heterocycles. The Hall–Kier alpha value is -2.17. The summed E-state index contributed by atoms with van der Waals surface area (Å²) in [5.74, 6) is 2.05. The van der Waals surface area contributed by atoms with Gasteiger partial charge in [-0.3, -0.25) is 4.68 Å². The molecule has 0 unspecified atom stereocenters. The maximum atomic E-state index is 5.60. The molecule has 19 heavy (non-hydrogen) atoms. The Bertz CT molecular complexity index is 518. The van der Waals surface area contributed by atoms with Crippen molar-refractivity contribution in [3.8, 4) is 17.4 Å². The summed E-state index contributed by atoms with van der Waals surface area (Å²) in [6.45, 7) is 2.86. The summed E-state index contributed by atoms with van der Waals surface area (Å²) in [4.78, 5) is 0. The second-order valence-electron chi connectivity index (χ2n) is 4.10. The summed E-state index contributed by atoms with van der Waals surface area (Å²) in [7, 11) is 3.50. The first kappa shape index (κ1) is 13.3. The smallest absolute Gasteiger partial charge is 0.233 e. The van der Waals surface area contributed by atoms with Gasteiger partial charge in [-0.15, -0.1) is 5.10 Å². The molecule has 5 heteroatoms. The Morgan fingerprint density at radius 2 is 1.79 bits per heavy atom. The van der Waals surface area contributed by atoms with Crippen molar-refractivity contribution >= 4 is 0 Å². The summed E-state index contributed by atoms with van der Waals surface area (Å²) in [6, 6.07) is 9.42. The van der Waals surface area contributed by atoms with Gasteiger partial charge in [0.1, 0.15) is 13.2 Å². The van der Waals surface area contributed by atoms with Crippen LogP contribution in [0, 0.1) is 6.92 Å². The summed E-state index contributed by atoms with van der Waals surface area (Å²) >= 11 is 0. The average Bonchev–Trinajstić information content (AvgIpc) is 2.74. The fraction of sp³-hybridized carbons (Fsp3) is 0.357. The van der Waals surface area contributed by atoms with E-state index in [0.29, 0.717) is 24.8 Å². The van der Waals surface area contributed by atoms with E-state index in [1.54, 1.807) is 11.8 Å². The van der Waals surface area contributed by atoms with Gasteiger partial charge >= 0.3 is 0 Å². The molecule has 1 aromatic carbocycles. The number of rotatable bonds is 6. The molecule has 0 aliphatic rings. The number of aromatic nitrogens is 2. The predicted molar refractivity (Wildman–Crippen MR) is 71.9 cm³/mol. The third-order valence-electron chi connectivity index (χ3n) is 2.75. The number of para-hydroxylation sites is 2. The standard InChI is InChI=1S/C14H18N2O3/c1-11-10-14(15-16(11)2)19-9-8-18-13-7-5-4-6-12(13)17-3/h4-7,10H,8-9H2,1-3H3. The lowest BCUT2D eigenvalue weighted by Crippen LogP contribution is -2.09. The van der Waals surface area contributed by atoms with Gasteiger partial charge in [-0.05, 0) is 19.1 Å². The van der Waals surface area contributed by atoms with Gasteiger partial charge in [-0.1, -0.05) is 12.1 Å². The first-order valence-electron chi connectivity index (χ1n) is 6.10. The van der Waals surface area contributed by atoms with E-state index in [2.05, 4.69) is 5.10 Å². The van der Waals surface area contributed by atoms with E-state index in [1.165, 1.54) is 0 Å². The highest BCUT2D eigenvalue weighted by Crippen LogP contribution is 2.25. The van der Waals surface area contributed by atoms with E-state index in [9.17, 15) is 0 Å². The van der Waals surface area contributed by atoms with Crippen molar-refractivity contribution in [3.05, 3.63) is 36.0 Å². The first-order chi connectivity index (χ1) is 9.20. The molecule has 0 saturated heterocycles. The predicted octanol–water partition coefficient (Wildman–Crippen LogP) is 2.19. The second kappa shape index (κ2) is 6.13. The van der Waals surface area contributed by atoms with Crippen LogP contribution < -0.4 is 14.2 Å². The molecule has 102 valence electrons. The third kappa shape index (κ3) is 3.40. The van der Waals surface area contributed by atoms with Gasteiger partial charge in [-0.25, -0.2) is 0 Å². The summed E-state index contributed by atoms with van der Waals surface area (Å²) in [6.07, 6.45) is 0. The highest BCUT2D eigenvalue weighted by molar-refractivity contribution is 5.39. The third-order valence-corrected chi connectivity index (χ3v) is 2.75. The minimum atomic E-state index is 0.439. The van der Waals surface area contributed by atoms with Gasteiger partial charge in [0.25, 0.3) is 0 Å². The first-order valence-corrected chi connectivity index (χ1v) is 6.10. The molecule has 2 aromatic rings. The van der Waals surface area contributed by atoms with Gasteiger partial charge in [0.15, 0.2) is 11.5 Å². The van der Waals surface area contributed by atoms with Crippen LogP contribution in [0.15, 0.2) is 30.3 Å². The monoisotopic (exact) mass is 262 g/mol. The summed E-state index contributed by atoms with van der Waals surface area (Å²) in [5.41, 5.74) is 1.06. The zero-order valence-corrected chi connectivity index (χ0v) is 11.4. The molecule has 0 N–H and O–H groups in total. The zero-order chi connectivity index (χ0) is 13.7. The fourth-order valence-electron chi connectivity index (χ4n) is 1.63. The SMILES string of the molecule is COc1ccccc1OCCOc1cc(C)n(C)n1.